The lowest BCUT2D eigenvalue weighted by Gasteiger charge is -2.37. The maximum Gasteiger partial charge on any atom is 0.231 e. The molecule has 0 spiro atoms. The molecule has 7 nitrogen and oxygen atoms in total. The van der Waals surface area contributed by atoms with Gasteiger partial charge in [-0.05, 0) is 30.5 Å². The standard InChI is InChI=1S/C22H29N3O4/c1-15-17(12-20(26)25-9-7-24(8-10-25)13-22(2,3)4)23-21(29-15)16-5-6-18-19(11-16)28-14-27-18/h5-6,11H,7-10,12-14H2,1-4H3. The summed E-state index contributed by atoms with van der Waals surface area (Å²) in [6.45, 7) is 13.2. The third kappa shape index (κ3) is 4.56. The summed E-state index contributed by atoms with van der Waals surface area (Å²) in [4.78, 5) is 21.8. The van der Waals surface area contributed by atoms with Crippen LogP contribution in [0.25, 0.3) is 11.5 Å². The van der Waals surface area contributed by atoms with Crippen molar-refractivity contribution in [3.05, 3.63) is 29.7 Å². The monoisotopic (exact) mass is 399 g/mol. The van der Waals surface area contributed by atoms with Gasteiger partial charge in [0.25, 0.3) is 0 Å². The predicted octanol–water partition coefficient (Wildman–Crippen LogP) is 3.11. The van der Waals surface area contributed by atoms with E-state index in [1.807, 2.05) is 30.0 Å². The fourth-order valence-electron chi connectivity index (χ4n) is 3.83. The van der Waals surface area contributed by atoms with Crippen molar-refractivity contribution in [2.45, 2.75) is 34.1 Å². The predicted molar refractivity (Wildman–Crippen MR) is 109 cm³/mol. The van der Waals surface area contributed by atoms with Crippen LogP contribution in [-0.2, 0) is 11.2 Å². The Bertz CT molecular complexity index is 892. The first-order valence-corrected chi connectivity index (χ1v) is 10.1. The van der Waals surface area contributed by atoms with Gasteiger partial charge in [-0.25, -0.2) is 4.98 Å². The van der Waals surface area contributed by atoms with Crippen molar-refractivity contribution in [2.75, 3.05) is 39.5 Å². The van der Waals surface area contributed by atoms with Crippen LogP contribution in [0.5, 0.6) is 11.5 Å². The van der Waals surface area contributed by atoms with E-state index in [1.165, 1.54) is 0 Å². The van der Waals surface area contributed by atoms with Crippen LogP contribution in [0.2, 0.25) is 0 Å². The molecule has 1 fully saturated rings. The molecule has 2 aliphatic rings. The van der Waals surface area contributed by atoms with Crippen molar-refractivity contribution in [2.24, 2.45) is 5.41 Å². The van der Waals surface area contributed by atoms with Crippen LogP contribution in [0.1, 0.15) is 32.2 Å². The molecule has 0 unspecified atom stereocenters. The second-order valence-corrected chi connectivity index (χ2v) is 8.98. The summed E-state index contributed by atoms with van der Waals surface area (Å²) in [6, 6.07) is 5.59. The van der Waals surface area contributed by atoms with Gasteiger partial charge in [0.2, 0.25) is 18.6 Å². The Morgan fingerprint density at radius 3 is 2.55 bits per heavy atom. The van der Waals surface area contributed by atoms with Gasteiger partial charge >= 0.3 is 0 Å². The number of amides is 1. The van der Waals surface area contributed by atoms with E-state index in [9.17, 15) is 4.79 Å². The van der Waals surface area contributed by atoms with Gasteiger partial charge in [0.1, 0.15) is 5.76 Å². The summed E-state index contributed by atoms with van der Waals surface area (Å²) in [6.07, 6.45) is 0.263. The van der Waals surface area contributed by atoms with Crippen LogP contribution in [-0.4, -0.2) is 60.2 Å². The van der Waals surface area contributed by atoms with Gasteiger partial charge in [0, 0.05) is 38.3 Å². The van der Waals surface area contributed by atoms with Crippen LogP contribution in [0, 0.1) is 12.3 Å². The molecule has 156 valence electrons. The van der Waals surface area contributed by atoms with E-state index < -0.39 is 0 Å². The van der Waals surface area contributed by atoms with Crippen molar-refractivity contribution in [1.29, 1.82) is 0 Å². The van der Waals surface area contributed by atoms with E-state index in [0.29, 0.717) is 23.1 Å². The number of ether oxygens (including phenoxy) is 2. The molecule has 2 aromatic rings. The molecule has 7 heteroatoms. The third-order valence-electron chi connectivity index (χ3n) is 5.25. The van der Waals surface area contributed by atoms with Crippen LogP contribution >= 0.6 is 0 Å². The van der Waals surface area contributed by atoms with E-state index in [0.717, 1.165) is 44.0 Å². The van der Waals surface area contributed by atoms with E-state index >= 15 is 0 Å². The van der Waals surface area contributed by atoms with Gasteiger partial charge in [0.15, 0.2) is 11.5 Å². The molecule has 0 atom stereocenters. The normalized spacial score (nSPS) is 17.0. The van der Waals surface area contributed by atoms with Crippen LogP contribution < -0.4 is 9.47 Å². The second-order valence-electron chi connectivity index (χ2n) is 8.98. The minimum absolute atomic E-state index is 0.106. The molecule has 1 aromatic carbocycles. The molecular formula is C22H29N3O4. The quantitative estimate of drug-likeness (QED) is 0.787. The summed E-state index contributed by atoms with van der Waals surface area (Å²) in [7, 11) is 0. The van der Waals surface area contributed by atoms with Gasteiger partial charge < -0.3 is 18.8 Å². The van der Waals surface area contributed by atoms with Crippen LogP contribution in [0.4, 0.5) is 0 Å². The highest BCUT2D eigenvalue weighted by Gasteiger charge is 2.26. The second kappa shape index (κ2) is 7.71. The number of carbonyl (C=O) groups is 1. The third-order valence-corrected chi connectivity index (χ3v) is 5.25. The van der Waals surface area contributed by atoms with E-state index in [-0.39, 0.29) is 24.5 Å². The van der Waals surface area contributed by atoms with Gasteiger partial charge in [-0.1, -0.05) is 20.8 Å². The zero-order valence-electron chi connectivity index (χ0n) is 17.7. The smallest absolute Gasteiger partial charge is 0.231 e. The van der Waals surface area contributed by atoms with E-state index in [4.69, 9.17) is 13.9 Å². The highest BCUT2D eigenvalue weighted by Crippen LogP contribution is 2.36. The summed E-state index contributed by atoms with van der Waals surface area (Å²) in [5, 5.41) is 0. The Morgan fingerprint density at radius 2 is 1.83 bits per heavy atom. The molecule has 1 amide bonds. The number of hydrogen-bond acceptors (Lipinski definition) is 6. The van der Waals surface area contributed by atoms with Crippen molar-refractivity contribution >= 4 is 5.91 Å². The van der Waals surface area contributed by atoms with Gasteiger partial charge in [-0.15, -0.1) is 0 Å². The molecule has 0 radical (unpaired) electrons. The van der Waals surface area contributed by atoms with E-state index in [2.05, 4.69) is 30.7 Å². The SMILES string of the molecule is Cc1oc(-c2ccc3c(c2)OCO3)nc1CC(=O)N1CCN(CC(C)(C)C)CC1. The van der Waals surface area contributed by atoms with Gasteiger partial charge in [0.05, 0.1) is 12.1 Å². The Kier molecular flexibility index (Phi) is 5.25. The molecule has 4 rings (SSSR count). The number of benzene rings is 1. The highest BCUT2D eigenvalue weighted by molar-refractivity contribution is 5.79. The number of piperazine rings is 1. The van der Waals surface area contributed by atoms with Crippen LogP contribution in [0.15, 0.2) is 22.6 Å². The molecule has 29 heavy (non-hydrogen) atoms. The molecule has 0 bridgehead atoms. The fourth-order valence-corrected chi connectivity index (χ4v) is 3.83. The Balaban J connectivity index is 1.38. The summed E-state index contributed by atoms with van der Waals surface area (Å²) in [5.41, 5.74) is 1.78. The molecule has 3 heterocycles. The zero-order chi connectivity index (χ0) is 20.6. The maximum absolute atomic E-state index is 12.8. The number of carbonyl (C=O) groups excluding carboxylic acids is 1. The first kappa shape index (κ1) is 19.8. The number of oxazole rings is 1. The summed E-state index contributed by atoms with van der Waals surface area (Å²) in [5.74, 6) is 2.69. The average molecular weight is 399 g/mol. The first-order chi connectivity index (χ1) is 13.8. The number of rotatable bonds is 4. The Labute approximate surface area is 171 Å². The number of nitrogens with zero attached hydrogens (tertiary/aromatic N) is 3. The number of aryl methyl sites for hydroxylation is 1. The topological polar surface area (TPSA) is 68.0 Å². The van der Waals surface area contributed by atoms with Crippen molar-refractivity contribution < 1.29 is 18.7 Å². The number of hydrogen-bond donors (Lipinski definition) is 0. The molecule has 0 saturated carbocycles. The van der Waals surface area contributed by atoms with Gasteiger partial charge in [-0.2, -0.15) is 0 Å². The van der Waals surface area contributed by atoms with Crippen LogP contribution in [0.3, 0.4) is 0 Å². The lowest BCUT2D eigenvalue weighted by Crippen LogP contribution is -2.50. The van der Waals surface area contributed by atoms with Crippen molar-refractivity contribution in [3.63, 3.8) is 0 Å². The maximum atomic E-state index is 12.8. The molecule has 0 aliphatic carbocycles. The molecule has 0 N–H and O–H groups in total. The number of fused-ring (bicyclic) bond motifs is 1. The fraction of sp³-hybridized carbons (Fsp3) is 0.545. The molecule has 1 saturated heterocycles. The zero-order valence-corrected chi connectivity index (χ0v) is 17.7. The highest BCUT2D eigenvalue weighted by atomic mass is 16.7. The molecular weight excluding hydrogens is 370 g/mol. The minimum atomic E-state index is 0.106. The largest absolute Gasteiger partial charge is 0.454 e. The van der Waals surface area contributed by atoms with Gasteiger partial charge in [-0.3, -0.25) is 9.69 Å². The number of aromatic nitrogens is 1. The first-order valence-electron chi connectivity index (χ1n) is 10.1. The van der Waals surface area contributed by atoms with Crippen molar-refractivity contribution in [3.8, 4) is 23.0 Å². The molecule has 2 aliphatic heterocycles. The van der Waals surface area contributed by atoms with Crippen molar-refractivity contribution in [1.82, 2.24) is 14.8 Å². The minimum Gasteiger partial charge on any atom is -0.454 e. The Morgan fingerprint density at radius 1 is 1.10 bits per heavy atom. The average Bonchev–Trinajstić information content (AvgIpc) is 3.27. The Hall–Kier alpha value is -2.54. The summed E-state index contributed by atoms with van der Waals surface area (Å²) >= 11 is 0. The summed E-state index contributed by atoms with van der Waals surface area (Å²) < 4.78 is 16.6. The molecule has 1 aromatic heterocycles. The lowest BCUT2D eigenvalue weighted by molar-refractivity contribution is -0.132. The van der Waals surface area contributed by atoms with E-state index in [1.54, 1.807) is 0 Å². The lowest BCUT2D eigenvalue weighted by atomic mass is 9.96.